The number of ether oxygens (including phenoxy) is 1. The van der Waals surface area contributed by atoms with E-state index in [4.69, 9.17) is 0 Å². The molecule has 0 fully saturated rings. The summed E-state index contributed by atoms with van der Waals surface area (Å²) < 4.78 is 4.55. The molecule has 0 saturated carbocycles. The molecule has 0 bridgehead atoms. The molecule has 0 aliphatic rings. The zero-order chi connectivity index (χ0) is 18.9. The van der Waals surface area contributed by atoms with E-state index in [1.165, 1.54) is 12.7 Å². The molecule has 0 heterocycles. The number of amides is 2. The van der Waals surface area contributed by atoms with Crippen LogP contribution in [0, 0.1) is 5.92 Å². The zero-order valence-corrected chi connectivity index (χ0v) is 16.0. The number of benzene rings is 2. The molecule has 138 valence electrons. The lowest BCUT2D eigenvalue weighted by Crippen LogP contribution is -2.29. The Kier molecular flexibility index (Phi) is 7.53. The van der Waals surface area contributed by atoms with Crippen molar-refractivity contribution in [1.82, 2.24) is 0 Å². The molecule has 5 nitrogen and oxygen atoms in total. The third-order valence-electron chi connectivity index (χ3n) is 3.72. The Bertz CT molecular complexity index is 718. The fraction of sp³-hybridized carbons (Fsp3) is 0.300. The molecule has 0 saturated heterocycles. The van der Waals surface area contributed by atoms with Gasteiger partial charge in [-0.1, -0.05) is 44.2 Å². The average molecular weight is 372 g/mol. The minimum atomic E-state index is -0.529. The maximum absolute atomic E-state index is 12.7. The summed E-state index contributed by atoms with van der Waals surface area (Å²) in [5.74, 6) is 0.984. The van der Waals surface area contributed by atoms with Crippen LogP contribution >= 0.6 is 11.8 Å². The first kappa shape index (κ1) is 19.8. The number of hydrogen-bond donors (Lipinski definition) is 2. The molecule has 0 aliphatic heterocycles. The van der Waals surface area contributed by atoms with Gasteiger partial charge in [-0.25, -0.2) is 4.79 Å². The van der Waals surface area contributed by atoms with Gasteiger partial charge in [0.05, 0.1) is 12.4 Å². The highest BCUT2D eigenvalue weighted by Crippen LogP contribution is 2.25. The second-order valence-corrected chi connectivity index (χ2v) is 7.27. The van der Waals surface area contributed by atoms with E-state index >= 15 is 0 Å². The van der Waals surface area contributed by atoms with Gasteiger partial charge < -0.3 is 10.1 Å². The number of nitrogens with one attached hydrogen (secondary N) is 2. The minimum Gasteiger partial charge on any atom is -0.453 e. The first-order chi connectivity index (χ1) is 12.5. The molecular formula is C20H24N2O3S. The van der Waals surface area contributed by atoms with Gasteiger partial charge in [-0.3, -0.25) is 10.1 Å². The van der Waals surface area contributed by atoms with Gasteiger partial charge in [-0.05, 0) is 35.7 Å². The van der Waals surface area contributed by atoms with E-state index in [1.807, 2.05) is 32.0 Å². The van der Waals surface area contributed by atoms with Crippen molar-refractivity contribution in [2.24, 2.45) is 5.92 Å². The fourth-order valence-corrected chi connectivity index (χ4v) is 3.51. The van der Waals surface area contributed by atoms with Gasteiger partial charge in [0.2, 0.25) is 5.91 Å². The molecule has 1 atom stereocenters. The van der Waals surface area contributed by atoms with Crippen LogP contribution in [-0.2, 0) is 15.3 Å². The number of carbonyl (C=O) groups excluding carboxylic acids is 2. The van der Waals surface area contributed by atoms with Gasteiger partial charge in [0, 0.05) is 17.1 Å². The highest BCUT2D eigenvalue weighted by Gasteiger charge is 2.22. The van der Waals surface area contributed by atoms with Crippen LogP contribution in [-0.4, -0.2) is 24.4 Å². The predicted octanol–water partition coefficient (Wildman–Crippen LogP) is 4.76. The summed E-state index contributed by atoms with van der Waals surface area (Å²) in [5.41, 5.74) is 2.50. The lowest BCUT2D eigenvalue weighted by Gasteiger charge is -2.20. The van der Waals surface area contributed by atoms with Crippen LogP contribution in [0.1, 0.15) is 19.4 Å². The summed E-state index contributed by atoms with van der Waals surface area (Å²) in [6, 6.07) is 17.1. The van der Waals surface area contributed by atoms with Crippen LogP contribution in [0.5, 0.6) is 0 Å². The van der Waals surface area contributed by atoms with Gasteiger partial charge in [-0.15, -0.1) is 11.8 Å². The van der Waals surface area contributed by atoms with Crippen molar-refractivity contribution < 1.29 is 14.3 Å². The second-order valence-electron chi connectivity index (χ2n) is 6.14. The third kappa shape index (κ3) is 6.11. The summed E-state index contributed by atoms with van der Waals surface area (Å²) in [6.45, 7) is 4.09. The zero-order valence-electron chi connectivity index (χ0n) is 15.2. The molecule has 2 rings (SSSR count). The van der Waals surface area contributed by atoms with Crippen molar-refractivity contribution in [3.63, 3.8) is 0 Å². The molecular weight excluding hydrogens is 348 g/mol. The number of hydrogen-bond acceptors (Lipinski definition) is 4. The van der Waals surface area contributed by atoms with Gasteiger partial charge in [0.1, 0.15) is 0 Å². The number of anilines is 2. The van der Waals surface area contributed by atoms with Gasteiger partial charge in [-0.2, -0.15) is 0 Å². The van der Waals surface area contributed by atoms with Gasteiger partial charge in [0.15, 0.2) is 0 Å². The van der Waals surface area contributed by atoms with Crippen molar-refractivity contribution in [1.29, 1.82) is 0 Å². The molecule has 2 aromatic carbocycles. The Balaban J connectivity index is 1.95. The van der Waals surface area contributed by atoms with Crippen molar-refractivity contribution in [2.45, 2.75) is 24.9 Å². The van der Waals surface area contributed by atoms with Crippen LogP contribution in [0.2, 0.25) is 0 Å². The second kappa shape index (κ2) is 9.87. The molecule has 6 heteroatoms. The quantitative estimate of drug-likeness (QED) is 0.735. The van der Waals surface area contributed by atoms with E-state index in [0.29, 0.717) is 11.4 Å². The van der Waals surface area contributed by atoms with Crippen LogP contribution in [0.15, 0.2) is 54.6 Å². The molecule has 2 aromatic rings. The lowest BCUT2D eigenvalue weighted by molar-refractivity contribution is -0.116. The van der Waals surface area contributed by atoms with Gasteiger partial charge in [0.25, 0.3) is 0 Å². The first-order valence-corrected chi connectivity index (χ1v) is 9.46. The number of carbonyl (C=O) groups is 2. The number of thioether (sulfide) groups is 1. The smallest absolute Gasteiger partial charge is 0.411 e. The molecule has 0 radical (unpaired) electrons. The summed E-state index contributed by atoms with van der Waals surface area (Å²) in [6.07, 6.45) is -0.529. The number of methoxy groups -OCH3 is 1. The molecule has 2 amide bonds. The summed E-state index contributed by atoms with van der Waals surface area (Å²) >= 11 is 1.64. The summed E-state index contributed by atoms with van der Waals surface area (Å²) in [7, 11) is 1.31. The van der Waals surface area contributed by atoms with Crippen LogP contribution in [0.3, 0.4) is 0 Å². The third-order valence-corrected chi connectivity index (χ3v) is 5.34. The van der Waals surface area contributed by atoms with Gasteiger partial charge >= 0.3 is 6.09 Å². The molecule has 26 heavy (non-hydrogen) atoms. The Hall–Kier alpha value is -2.47. The monoisotopic (exact) mass is 372 g/mol. The van der Waals surface area contributed by atoms with E-state index in [1.54, 1.807) is 36.0 Å². The maximum atomic E-state index is 12.7. The topological polar surface area (TPSA) is 67.4 Å². The van der Waals surface area contributed by atoms with Crippen molar-refractivity contribution in [2.75, 3.05) is 17.7 Å². The minimum absolute atomic E-state index is 0.0189. The SMILES string of the molecule is COC(=O)Nc1ccc(NC(=O)C(SCc2ccccc2)C(C)C)cc1. The molecule has 1 unspecified atom stereocenters. The maximum Gasteiger partial charge on any atom is 0.411 e. The van der Waals surface area contributed by atoms with E-state index < -0.39 is 6.09 Å². The van der Waals surface area contributed by atoms with E-state index in [2.05, 4.69) is 27.5 Å². The Morgan fingerprint density at radius 1 is 0.962 bits per heavy atom. The van der Waals surface area contributed by atoms with Crippen LogP contribution < -0.4 is 10.6 Å². The predicted molar refractivity (Wildman–Crippen MR) is 107 cm³/mol. The lowest BCUT2D eigenvalue weighted by atomic mass is 10.1. The average Bonchev–Trinajstić information content (AvgIpc) is 2.64. The summed E-state index contributed by atoms with van der Waals surface area (Å²) in [4.78, 5) is 23.9. The van der Waals surface area contributed by atoms with Crippen molar-refractivity contribution >= 4 is 35.1 Å². The van der Waals surface area contributed by atoms with Crippen molar-refractivity contribution in [3.8, 4) is 0 Å². The Morgan fingerprint density at radius 3 is 2.08 bits per heavy atom. The fourth-order valence-electron chi connectivity index (χ4n) is 2.35. The van der Waals surface area contributed by atoms with E-state index in [-0.39, 0.29) is 17.1 Å². The first-order valence-electron chi connectivity index (χ1n) is 8.41. The van der Waals surface area contributed by atoms with E-state index in [0.717, 1.165) is 5.75 Å². The standard InChI is InChI=1S/C20H24N2O3S/c1-14(2)18(26-13-15-7-5-4-6-8-15)19(23)21-16-9-11-17(12-10-16)22-20(24)25-3/h4-12,14,18H,13H2,1-3H3,(H,21,23)(H,22,24). The Morgan fingerprint density at radius 2 is 1.54 bits per heavy atom. The molecule has 2 N–H and O–H groups in total. The highest BCUT2D eigenvalue weighted by atomic mass is 32.2. The highest BCUT2D eigenvalue weighted by molar-refractivity contribution is 7.99. The normalized spacial score (nSPS) is 11.7. The van der Waals surface area contributed by atoms with Crippen molar-refractivity contribution in [3.05, 3.63) is 60.2 Å². The molecule has 0 spiro atoms. The number of rotatable bonds is 7. The van der Waals surface area contributed by atoms with Crippen LogP contribution in [0.4, 0.5) is 16.2 Å². The summed E-state index contributed by atoms with van der Waals surface area (Å²) in [5, 5.41) is 5.37. The largest absolute Gasteiger partial charge is 0.453 e. The molecule has 0 aliphatic carbocycles. The van der Waals surface area contributed by atoms with Crippen LogP contribution in [0.25, 0.3) is 0 Å². The molecule has 0 aromatic heterocycles. The Labute approximate surface area is 158 Å². The van der Waals surface area contributed by atoms with E-state index in [9.17, 15) is 9.59 Å².